The van der Waals surface area contributed by atoms with Crippen molar-refractivity contribution in [3.8, 4) is 0 Å². The molecule has 1 aromatic heterocycles. The standard InChI is InChI=1S/C22H27N3O/c1-2-17(18-8-4-3-5-9-18)16-24-14-12-19(13-15-24)25-21-11-7-6-10-20(21)23-22(25)26/h3-11,17,19H,2,12-16H2,1H3,(H,23,26). The SMILES string of the molecule is CCC(CN1CCC(n2c(=O)[nH]c3ccccc32)CC1)c1ccccc1. The maximum atomic E-state index is 12.4. The summed E-state index contributed by atoms with van der Waals surface area (Å²) in [6.07, 6.45) is 3.23. The molecule has 1 aliphatic rings. The molecular weight excluding hydrogens is 322 g/mol. The molecule has 1 saturated heterocycles. The average Bonchev–Trinajstić information content (AvgIpc) is 3.03. The number of para-hydroxylation sites is 2. The van der Waals surface area contributed by atoms with E-state index in [1.54, 1.807) is 0 Å². The molecule has 136 valence electrons. The lowest BCUT2D eigenvalue weighted by molar-refractivity contribution is 0.176. The van der Waals surface area contributed by atoms with Crippen molar-refractivity contribution in [1.29, 1.82) is 0 Å². The number of nitrogens with zero attached hydrogens (tertiary/aromatic N) is 2. The summed E-state index contributed by atoms with van der Waals surface area (Å²) in [5.74, 6) is 0.587. The number of rotatable bonds is 5. The quantitative estimate of drug-likeness (QED) is 0.751. The van der Waals surface area contributed by atoms with E-state index in [9.17, 15) is 4.79 Å². The molecule has 2 heterocycles. The fourth-order valence-corrected chi connectivity index (χ4v) is 4.30. The van der Waals surface area contributed by atoms with Gasteiger partial charge in [-0.25, -0.2) is 4.79 Å². The molecule has 1 unspecified atom stereocenters. The molecule has 1 atom stereocenters. The third kappa shape index (κ3) is 3.34. The van der Waals surface area contributed by atoms with E-state index in [1.807, 2.05) is 28.8 Å². The minimum atomic E-state index is 0.0281. The van der Waals surface area contributed by atoms with E-state index >= 15 is 0 Å². The Hall–Kier alpha value is -2.33. The topological polar surface area (TPSA) is 41.0 Å². The summed E-state index contributed by atoms with van der Waals surface area (Å²) >= 11 is 0. The van der Waals surface area contributed by atoms with Crippen molar-refractivity contribution in [1.82, 2.24) is 14.5 Å². The Balaban J connectivity index is 1.44. The number of imidazole rings is 1. The Morgan fingerprint density at radius 2 is 1.73 bits per heavy atom. The van der Waals surface area contributed by atoms with Crippen LogP contribution in [0.4, 0.5) is 0 Å². The Morgan fingerprint density at radius 1 is 1.04 bits per heavy atom. The highest BCUT2D eigenvalue weighted by Gasteiger charge is 2.25. The second-order valence-electron chi connectivity index (χ2n) is 7.36. The Labute approximate surface area is 154 Å². The Bertz CT molecular complexity index is 904. The van der Waals surface area contributed by atoms with Crippen LogP contribution >= 0.6 is 0 Å². The van der Waals surface area contributed by atoms with Crippen LogP contribution in [-0.4, -0.2) is 34.1 Å². The van der Waals surface area contributed by atoms with Crippen LogP contribution in [0.25, 0.3) is 11.0 Å². The van der Waals surface area contributed by atoms with Crippen LogP contribution < -0.4 is 5.69 Å². The first-order chi connectivity index (χ1) is 12.8. The molecule has 4 rings (SSSR count). The number of aromatic amines is 1. The molecule has 1 fully saturated rings. The molecule has 3 aromatic rings. The third-order valence-electron chi connectivity index (χ3n) is 5.79. The van der Waals surface area contributed by atoms with Crippen LogP contribution in [0, 0.1) is 0 Å². The molecule has 4 nitrogen and oxygen atoms in total. The second-order valence-corrected chi connectivity index (χ2v) is 7.36. The highest BCUT2D eigenvalue weighted by atomic mass is 16.1. The lowest BCUT2D eigenvalue weighted by atomic mass is 9.94. The van der Waals surface area contributed by atoms with Gasteiger partial charge < -0.3 is 9.88 Å². The number of H-pyrrole nitrogens is 1. The van der Waals surface area contributed by atoms with Gasteiger partial charge >= 0.3 is 5.69 Å². The first kappa shape index (κ1) is 17.1. The van der Waals surface area contributed by atoms with Crippen LogP contribution in [0.15, 0.2) is 59.4 Å². The highest BCUT2D eigenvalue weighted by molar-refractivity contribution is 5.75. The van der Waals surface area contributed by atoms with Crippen molar-refractivity contribution in [3.05, 3.63) is 70.6 Å². The monoisotopic (exact) mass is 349 g/mol. The van der Waals surface area contributed by atoms with Crippen LogP contribution in [0.2, 0.25) is 0 Å². The summed E-state index contributed by atoms with van der Waals surface area (Å²) in [5.41, 5.74) is 3.44. The summed E-state index contributed by atoms with van der Waals surface area (Å²) in [5, 5.41) is 0. The van der Waals surface area contributed by atoms with E-state index in [0.29, 0.717) is 12.0 Å². The molecule has 0 saturated carbocycles. The zero-order valence-electron chi connectivity index (χ0n) is 15.4. The van der Waals surface area contributed by atoms with Gasteiger partial charge in [0.05, 0.1) is 11.0 Å². The number of piperidine rings is 1. The molecule has 0 amide bonds. The van der Waals surface area contributed by atoms with Gasteiger partial charge in [-0.3, -0.25) is 4.57 Å². The van der Waals surface area contributed by atoms with Gasteiger partial charge in [0.15, 0.2) is 0 Å². The number of benzene rings is 2. The number of likely N-dealkylation sites (tertiary alicyclic amines) is 1. The van der Waals surface area contributed by atoms with Gasteiger partial charge in [-0.2, -0.15) is 0 Å². The molecule has 26 heavy (non-hydrogen) atoms. The van der Waals surface area contributed by atoms with Gasteiger partial charge in [0.1, 0.15) is 0 Å². The number of hydrogen-bond donors (Lipinski definition) is 1. The summed E-state index contributed by atoms with van der Waals surface area (Å²) in [7, 11) is 0. The fourth-order valence-electron chi connectivity index (χ4n) is 4.30. The average molecular weight is 349 g/mol. The number of nitrogens with one attached hydrogen (secondary N) is 1. The lowest BCUT2D eigenvalue weighted by Crippen LogP contribution is -2.39. The van der Waals surface area contributed by atoms with Crippen LogP contribution in [-0.2, 0) is 0 Å². The van der Waals surface area contributed by atoms with E-state index in [1.165, 1.54) is 5.56 Å². The molecule has 4 heteroatoms. The van der Waals surface area contributed by atoms with Crippen molar-refractivity contribution in [2.24, 2.45) is 0 Å². The highest BCUT2D eigenvalue weighted by Crippen LogP contribution is 2.27. The summed E-state index contributed by atoms with van der Waals surface area (Å²) < 4.78 is 1.97. The van der Waals surface area contributed by atoms with Crippen molar-refractivity contribution in [3.63, 3.8) is 0 Å². The molecular formula is C22H27N3O. The molecule has 0 radical (unpaired) electrons. The zero-order valence-corrected chi connectivity index (χ0v) is 15.4. The summed E-state index contributed by atoms with van der Waals surface area (Å²) in [6, 6.07) is 19.1. The molecule has 1 N–H and O–H groups in total. The largest absolute Gasteiger partial charge is 0.326 e. The lowest BCUT2D eigenvalue weighted by Gasteiger charge is -2.34. The molecule has 1 aliphatic heterocycles. The van der Waals surface area contributed by atoms with E-state index in [4.69, 9.17) is 0 Å². The smallest absolute Gasteiger partial charge is 0.306 e. The van der Waals surface area contributed by atoms with E-state index < -0.39 is 0 Å². The normalized spacial score (nSPS) is 17.6. The summed E-state index contributed by atoms with van der Waals surface area (Å²) in [4.78, 5) is 18.0. The number of fused-ring (bicyclic) bond motifs is 1. The first-order valence-electron chi connectivity index (χ1n) is 9.73. The van der Waals surface area contributed by atoms with Crippen LogP contribution in [0.5, 0.6) is 0 Å². The Morgan fingerprint density at radius 3 is 2.46 bits per heavy atom. The first-order valence-corrected chi connectivity index (χ1v) is 9.73. The second kappa shape index (κ2) is 7.50. The van der Waals surface area contributed by atoms with Gasteiger partial charge in [-0.15, -0.1) is 0 Å². The van der Waals surface area contributed by atoms with Gasteiger partial charge in [0.2, 0.25) is 0 Å². The van der Waals surface area contributed by atoms with Crippen molar-refractivity contribution >= 4 is 11.0 Å². The van der Waals surface area contributed by atoms with Crippen molar-refractivity contribution < 1.29 is 0 Å². The van der Waals surface area contributed by atoms with Gasteiger partial charge in [0.25, 0.3) is 0 Å². The van der Waals surface area contributed by atoms with Gasteiger partial charge in [-0.05, 0) is 42.9 Å². The molecule has 0 aliphatic carbocycles. The maximum Gasteiger partial charge on any atom is 0.326 e. The fraction of sp³-hybridized carbons (Fsp3) is 0.409. The van der Waals surface area contributed by atoms with E-state index in [0.717, 1.165) is 49.9 Å². The summed E-state index contributed by atoms with van der Waals surface area (Å²) in [6.45, 7) is 5.49. The molecule has 0 bridgehead atoms. The van der Waals surface area contributed by atoms with Gasteiger partial charge in [0, 0.05) is 25.7 Å². The van der Waals surface area contributed by atoms with E-state index in [-0.39, 0.29) is 5.69 Å². The number of hydrogen-bond acceptors (Lipinski definition) is 2. The van der Waals surface area contributed by atoms with Crippen molar-refractivity contribution in [2.75, 3.05) is 19.6 Å². The molecule has 2 aromatic carbocycles. The predicted molar refractivity (Wildman–Crippen MR) is 107 cm³/mol. The van der Waals surface area contributed by atoms with E-state index in [2.05, 4.69) is 47.1 Å². The maximum absolute atomic E-state index is 12.4. The van der Waals surface area contributed by atoms with Crippen LogP contribution in [0.1, 0.15) is 43.7 Å². The predicted octanol–water partition coefficient (Wildman–Crippen LogP) is 4.16. The zero-order chi connectivity index (χ0) is 17.9. The number of aromatic nitrogens is 2. The van der Waals surface area contributed by atoms with Crippen molar-refractivity contribution in [2.45, 2.75) is 38.1 Å². The molecule has 0 spiro atoms. The minimum absolute atomic E-state index is 0.0281. The minimum Gasteiger partial charge on any atom is -0.306 e. The third-order valence-corrected chi connectivity index (χ3v) is 5.79. The van der Waals surface area contributed by atoms with Gasteiger partial charge in [-0.1, -0.05) is 49.4 Å². The Kier molecular flexibility index (Phi) is 4.93. The van der Waals surface area contributed by atoms with Crippen LogP contribution in [0.3, 0.4) is 0 Å².